The van der Waals surface area contributed by atoms with Crippen LogP contribution >= 0.6 is 0 Å². The number of nitrogens with zero attached hydrogens (tertiary/aromatic N) is 3. The number of likely N-dealkylation sites (N-methyl/N-ethyl adjacent to an activating group) is 1. The number of fused-ring (bicyclic) bond motifs is 1. The summed E-state index contributed by atoms with van der Waals surface area (Å²) in [5, 5.41) is 7.97. The molecule has 1 N–H and O–H groups in total. The highest BCUT2D eigenvalue weighted by molar-refractivity contribution is 5.35. The molecule has 1 aliphatic carbocycles. The predicted octanol–water partition coefficient (Wildman–Crippen LogP) is 1.66. The zero-order chi connectivity index (χ0) is 13.9. The zero-order valence-corrected chi connectivity index (χ0v) is 12.0. The van der Waals surface area contributed by atoms with Crippen LogP contribution in [0.5, 0.6) is 0 Å². The Hall–Kier alpha value is -1.62. The Kier molecular flexibility index (Phi) is 3.87. The molecule has 1 unspecified atom stereocenters. The van der Waals surface area contributed by atoms with Crippen molar-refractivity contribution in [3.05, 3.63) is 34.9 Å². The first kappa shape index (κ1) is 13.4. The van der Waals surface area contributed by atoms with E-state index in [1.54, 1.807) is 15.3 Å². The van der Waals surface area contributed by atoms with Crippen molar-refractivity contribution >= 4 is 5.65 Å². The molecule has 0 saturated heterocycles. The Morgan fingerprint density at radius 3 is 2.90 bits per heavy atom. The minimum atomic E-state index is -0.0403. The molecule has 20 heavy (non-hydrogen) atoms. The highest BCUT2D eigenvalue weighted by Crippen LogP contribution is 2.28. The lowest BCUT2D eigenvalue weighted by molar-refractivity contribution is 0.313. The molecular formula is C15H22N4O. The van der Waals surface area contributed by atoms with E-state index < -0.39 is 0 Å². The fourth-order valence-corrected chi connectivity index (χ4v) is 3.28. The summed E-state index contributed by atoms with van der Waals surface area (Å²) in [5.41, 5.74) is 0.681. The molecule has 2 heterocycles. The van der Waals surface area contributed by atoms with Crippen molar-refractivity contribution in [2.75, 3.05) is 6.54 Å². The molecule has 1 atom stereocenters. The SMILES string of the molecule is CCNC(Cn1nc2ccccn2c1=O)C1CCCC1. The Morgan fingerprint density at radius 1 is 1.40 bits per heavy atom. The maximum atomic E-state index is 12.3. The van der Waals surface area contributed by atoms with E-state index in [1.807, 2.05) is 18.2 Å². The van der Waals surface area contributed by atoms with E-state index in [-0.39, 0.29) is 5.69 Å². The summed E-state index contributed by atoms with van der Waals surface area (Å²) < 4.78 is 3.22. The number of nitrogens with one attached hydrogen (secondary N) is 1. The number of rotatable bonds is 5. The number of hydrogen-bond donors (Lipinski definition) is 1. The van der Waals surface area contributed by atoms with Gasteiger partial charge in [0.2, 0.25) is 0 Å². The minimum Gasteiger partial charge on any atom is -0.312 e. The Labute approximate surface area is 118 Å². The first-order valence-electron chi connectivity index (χ1n) is 7.57. The van der Waals surface area contributed by atoms with Crippen molar-refractivity contribution in [2.24, 2.45) is 5.92 Å². The molecule has 2 aromatic heterocycles. The predicted molar refractivity (Wildman–Crippen MR) is 78.9 cm³/mol. The molecule has 3 rings (SSSR count). The molecule has 0 spiro atoms. The maximum absolute atomic E-state index is 12.3. The highest BCUT2D eigenvalue weighted by Gasteiger charge is 2.25. The molecule has 0 aliphatic heterocycles. The maximum Gasteiger partial charge on any atom is 0.350 e. The lowest BCUT2D eigenvalue weighted by Crippen LogP contribution is -2.41. The average molecular weight is 274 g/mol. The van der Waals surface area contributed by atoms with Gasteiger partial charge in [0.15, 0.2) is 5.65 Å². The van der Waals surface area contributed by atoms with Crippen LogP contribution in [0.15, 0.2) is 29.2 Å². The van der Waals surface area contributed by atoms with Crippen LogP contribution in [0.1, 0.15) is 32.6 Å². The van der Waals surface area contributed by atoms with Crippen LogP contribution in [-0.4, -0.2) is 26.8 Å². The van der Waals surface area contributed by atoms with Gasteiger partial charge in [-0.1, -0.05) is 25.8 Å². The second-order valence-corrected chi connectivity index (χ2v) is 5.60. The van der Waals surface area contributed by atoms with Gasteiger partial charge in [-0.3, -0.25) is 4.40 Å². The van der Waals surface area contributed by atoms with E-state index >= 15 is 0 Å². The lowest BCUT2D eigenvalue weighted by atomic mass is 9.98. The van der Waals surface area contributed by atoms with Crippen molar-refractivity contribution in [2.45, 2.75) is 45.2 Å². The van der Waals surface area contributed by atoms with E-state index in [2.05, 4.69) is 17.3 Å². The van der Waals surface area contributed by atoms with Gasteiger partial charge in [0, 0.05) is 12.2 Å². The van der Waals surface area contributed by atoms with Crippen LogP contribution in [0.2, 0.25) is 0 Å². The largest absolute Gasteiger partial charge is 0.350 e. The standard InChI is InChI=1S/C15H22N4O/c1-2-16-13(12-7-3-4-8-12)11-19-15(20)18-10-6-5-9-14(18)17-19/h5-6,9-10,12-13,16H,2-4,7-8,11H2,1H3. The monoisotopic (exact) mass is 274 g/mol. The third-order valence-electron chi connectivity index (χ3n) is 4.29. The summed E-state index contributed by atoms with van der Waals surface area (Å²) in [6.07, 6.45) is 6.93. The minimum absolute atomic E-state index is 0.0403. The van der Waals surface area contributed by atoms with Crippen molar-refractivity contribution < 1.29 is 0 Å². The van der Waals surface area contributed by atoms with Gasteiger partial charge in [0.1, 0.15) is 0 Å². The van der Waals surface area contributed by atoms with E-state index in [1.165, 1.54) is 25.7 Å². The summed E-state index contributed by atoms with van der Waals surface area (Å²) in [6, 6.07) is 5.99. The normalized spacial score (nSPS) is 17.9. The summed E-state index contributed by atoms with van der Waals surface area (Å²) in [7, 11) is 0. The Balaban J connectivity index is 1.86. The van der Waals surface area contributed by atoms with Gasteiger partial charge in [-0.25, -0.2) is 9.48 Å². The molecule has 0 radical (unpaired) electrons. The topological polar surface area (TPSA) is 51.3 Å². The van der Waals surface area contributed by atoms with Crippen LogP contribution in [0, 0.1) is 5.92 Å². The van der Waals surface area contributed by atoms with Crippen molar-refractivity contribution in [3.8, 4) is 0 Å². The summed E-state index contributed by atoms with van der Waals surface area (Å²) in [6.45, 7) is 3.72. The molecule has 1 saturated carbocycles. The molecule has 108 valence electrons. The molecule has 0 bridgehead atoms. The molecule has 0 amide bonds. The molecule has 5 heteroatoms. The quantitative estimate of drug-likeness (QED) is 0.902. The van der Waals surface area contributed by atoms with Crippen LogP contribution < -0.4 is 11.0 Å². The molecule has 0 aromatic carbocycles. The summed E-state index contributed by atoms with van der Waals surface area (Å²) >= 11 is 0. The fourth-order valence-electron chi connectivity index (χ4n) is 3.28. The average Bonchev–Trinajstić information content (AvgIpc) is 3.08. The molecule has 1 aliphatic rings. The molecular weight excluding hydrogens is 252 g/mol. The second kappa shape index (κ2) is 5.79. The Bertz CT molecular complexity index is 624. The van der Waals surface area contributed by atoms with Gasteiger partial charge in [0.05, 0.1) is 6.54 Å². The second-order valence-electron chi connectivity index (χ2n) is 5.60. The van der Waals surface area contributed by atoms with E-state index in [4.69, 9.17) is 0 Å². The van der Waals surface area contributed by atoms with Gasteiger partial charge in [-0.05, 0) is 37.4 Å². The van der Waals surface area contributed by atoms with Gasteiger partial charge < -0.3 is 5.32 Å². The first-order valence-corrected chi connectivity index (χ1v) is 7.57. The summed E-state index contributed by atoms with van der Waals surface area (Å²) in [5.74, 6) is 0.673. The van der Waals surface area contributed by atoms with Crippen molar-refractivity contribution in [1.82, 2.24) is 19.5 Å². The van der Waals surface area contributed by atoms with Crippen LogP contribution in [-0.2, 0) is 6.54 Å². The van der Waals surface area contributed by atoms with Crippen LogP contribution in [0.25, 0.3) is 5.65 Å². The van der Waals surface area contributed by atoms with Gasteiger partial charge in [-0.15, -0.1) is 5.10 Å². The third-order valence-corrected chi connectivity index (χ3v) is 4.29. The van der Waals surface area contributed by atoms with E-state index in [9.17, 15) is 4.79 Å². The van der Waals surface area contributed by atoms with Crippen LogP contribution in [0.3, 0.4) is 0 Å². The lowest BCUT2D eigenvalue weighted by Gasteiger charge is -2.23. The molecule has 2 aromatic rings. The van der Waals surface area contributed by atoms with E-state index in [0.29, 0.717) is 18.5 Å². The van der Waals surface area contributed by atoms with Gasteiger partial charge in [0.25, 0.3) is 0 Å². The smallest absolute Gasteiger partial charge is 0.312 e. The molecule has 1 fully saturated rings. The number of hydrogen-bond acceptors (Lipinski definition) is 3. The third kappa shape index (κ3) is 2.50. The first-order chi connectivity index (χ1) is 9.79. The Morgan fingerprint density at radius 2 is 2.20 bits per heavy atom. The van der Waals surface area contributed by atoms with Gasteiger partial charge in [-0.2, -0.15) is 0 Å². The van der Waals surface area contributed by atoms with Crippen molar-refractivity contribution in [1.29, 1.82) is 0 Å². The number of aromatic nitrogens is 3. The molecule has 5 nitrogen and oxygen atoms in total. The number of pyridine rings is 1. The van der Waals surface area contributed by atoms with Crippen LogP contribution in [0.4, 0.5) is 0 Å². The highest BCUT2D eigenvalue weighted by atomic mass is 16.2. The van der Waals surface area contributed by atoms with Gasteiger partial charge >= 0.3 is 5.69 Å². The van der Waals surface area contributed by atoms with Crippen molar-refractivity contribution in [3.63, 3.8) is 0 Å². The fraction of sp³-hybridized carbons (Fsp3) is 0.600. The zero-order valence-electron chi connectivity index (χ0n) is 12.0. The summed E-state index contributed by atoms with van der Waals surface area (Å²) in [4.78, 5) is 12.3. The van der Waals surface area contributed by atoms with E-state index in [0.717, 1.165) is 12.2 Å².